The molecule has 1 unspecified atom stereocenters. The second-order valence-electron chi connectivity index (χ2n) is 3.81. The van der Waals surface area contributed by atoms with Gasteiger partial charge in [-0.25, -0.2) is 4.39 Å². The molecule has 84 valence electrons. The highest BCUT2D eigenvalue weighted by molar-refractivity contribution is 5.80. The van der Waals surface area contributed by atoms with Gasteiger partial charge in [0.05, 0.1) is 11.5 Å². The fraction of sp³-hybridized carbons (Fsp3) is 0.333. The lowest BCUT2D eigenvalue weighted by atomic mass is 9.79. The monoisotopic (exact) mass is 221 g/mol. The molecule has 0 amide bonds. The third-order valence-corrected chi connectivity index (χ3v) is 2.67. The van der Waals surface area contributed by atoms with Crippen LogP contribution in [-0.2, 0) is 10.2 Å². The van der Waals surface area contributed by atoms with Crippen molar-refractivity contribution in [1.29, 1.82) is 5.26 Å². The van der Waals surface area contributed by atoms with Gasteiger partial charge in [-0.1, -0.05) is 12.1 Å². The van der Waals surface area contributed by atoms with Gasteiger partial charge in [-0.05, 0) is 31.0 Å². The zero-order valence-electron chi connectivity index (χ0n) is 8.90. The fourth-order valence-corrected chi connectivity index (χ4v) is 1.51. The van der Waals surface area contributed by atoms with Crippen molar-refractivity contribution >= 4 is 5.97 Å². The quantitative estimate of drug-likeness (QED) is 0.849. The van der Waals surface area contributed by atoms with E-state index in [4.69, 9.17) is 5.26 Å². The Labute approximate surface area is 93.1 Å². The van der Waals surface area contributed by atoms with Crippen LogP contribution < -0.4 is 0 Å². The maximum atomic E-state index is 13.0. The molecule has 0 aliphatic heterocycles. The van der Waals surface area contributed by atoms with Crippen molar-refractivity contribution < 1.29 is 14.3 Å². The number of halogens is 1. The van der Waals surface area contributed by atoms with Gasteiger partial charge in [0.1, 0.15) is 5.82 Å². The van der Waals surface area contributed by atoms with Gasteiger partial charge >= 0.3 is 5.97 Å². The maximum absolute atomic E-state index is 13.0. The Kier molecular flexibility index (Phi) is 3.62. The summed E-state index contributed by atoms with van der Waals surface area (Å²) in [6, 6.07) is 7.40. The Hall–Kier alpha value is -1.89. The van der Waals surface area contributed by atoms with Gasteiger partial charge in [0.25, 0.3) is 0 Å². The molecule has 4 heteroatoms. The molecule has 0 bridgehead atoms. The first-order valence-corrected chi connectivity index (χ1v) is 4.87. The second kappa shape index (κ2) is 4.75. The van der Waals surface area contributed by atoms with Gasteiger partial charge < -0.3 is 5.11 Å². The summed E-state index contributed by atoms with van der Waals surface area (Å²) in [4.78, 5) is 11.2. The van der Waals surface area contributed by atoms with Gasteiger partial charge in [0, 0.05) is 6.42 Å². The molecule has 0 aliphatic carbocycles. The van der Waals surface area contributed by atoms with Crippen LogP contribution >= 0.6 is 0 Å². The molecule has 3 nitrogen and oxygen atoms in total. The number of benzene rings is 1. The number of nitrogens with zero attached hydrogens (tertiary/aromatic N) is 1. The van der Waals surface area contributed by atoms with E-state index >= 15 is 0 Å². The highest BCUT2D eigenvalue weighted by atomic mass is 19.1. The van der Waals surface area contributed by atoms with E-state index in [1.54, 1.807) is 6.07 Å². The molecule has 1 aromatic carbocycles. The standard InChI is InChI=1S/C12H12FNO2/c1-12(11(15)16,6-3-7-14)9-4-2-5-10(13)8-9/h2,4-5,8H,3,6H2,1H3,(H,15,16). The number of carboxylic acids is 1. The predicted octanol–water partition coefficient (Wildman–Crippen LogP) is 2.47. The Morgan fingerprint density at radius 3 is 2.81 bits per heavy atom. The van der Waals surface area contributed by atoms with Gasteiger partial charge in [0.15, 0.2) is 0 Å². The lowest BCUT2D eigenvalue weighted by molar-refractivity contribution is -0.143. The summed E-state index contributed by atoms with van der Waals surface area (Å²) in [5, 5.41) is 17.7. The van der Waals surface area contributed by atoms with Crippen molar-refractivity contribution in [2.75, 3.05) is 0 Å². The molecule has 1 aromatic rings. The average Bonchev–Trinajstić information content (AvgIpc) is 2.25. The number of hydrogen-bond acceptors (Lipinski definition) is 2. The van der Waals surface area contributed by atoms with Crippen molar-refractivity contribution in [2.45, 2.75) is 25.2 Å². The summed E-state index contributed by atoms with van der Waals surface area (Å²) in [5.74, 6) is -1.52. The largest absolute Gasteiger partial charge is 0.481 e. The highest BCUT2D eigenvalue weighted by Gasteiger charge is 2.34. The molecule has 0 radical (unpaired) electrons. The maximum Gasteiger partial charge on any atom is 0.313 e. The van der Waals surface area contributed by atoms with E-state index in [9.17, 15) is 14.3 Å². The Morgan fingerprint density at radius 2 is 2.31 bits per heavy atom. The fourth-order valence-electron chi connectivity index (χ4n) is 1.51. The third kappa shape index (κ3) is 2.37. The van der Waals surface area contributed by atoms with Crippen molar-refractivity contribution in [2.24, 2.45) is 0 Å². The molecule has 0 aromatic heterocycles. The summed E-state index contributed by atoms with van der Waals surface area (Å²) in [7, 11) is 0. The van der Waals surface area contributed by atoms with Crippen LogP contribution in [0.15, 0.2) is 24.3 Å². The highest BCUT2D eigenvalue weighted by Crippen LogP contribution is 2.29. The molecular formula is C12H12FNO2. The van der Waals surface area contributed by atoms with Crippen LogP contribution in [0.3, 0.4) is 0 Å². The normalized spacial score (nSPS) is 13.8. The second-order valence-corrected chi connectivity index (χ2v) is 3.81. The van der Waals surface area contributed by atoms with E-state index in [0.717, 1.165) is 0 Å². The van der Waals surface area contributed by atoms with Crippen LogP contribution in [0.4, 0.5) is 4.39 Å². The molecule has 0 saturated heterocycles. The summed E-state index contributed by atoms with van der Waals surface area (Å²) in [6.45, 7) is 1.50. The molecule has 0 fully saturated rings. The zero-order chi connectivity index (χ0) is 12.2. The Morgan fingerprint density at radius 1 is 1.62 bits per heavy atom. The molecule has 1 rings (SSSR count). The molecule has 0 heterocycles. The van der Waals surface area contributed by atoms with Gasteiger partial charge in [-0.2, -0.15) is 5.26 Å². The van der Waals surface area contributed by atoms with Gasteiger partial charge in [0.2, 0.25) is 0 Å². The smallest absolute Gasteiger partial charge is 0.313 e. The SMILES string of the molecule is CC(CCC#N)(C(=O)O)c1cccc(F)c1. The van der Waals surface area contributed by atoms with Crippen molar-refractivity contribution in [3.8, 4) is 6.07 Å². The molecule has 16 heavy (non-hydrogen) atoms. The van der Waals surface area contributed by atoms with E-state index in [-0.39, 0.29) is 12.8 Å². The Bertz CT molecular complexity index is 439. The number of carbonyl (C=O) groups is 1. The number of carboxylic acid groups (broad SMARTS) is 1. The van der Waals surface area contributed by atoms with E-state index in [1.807, 2.05) is 6.07 Å². The average molecular weight is 221 g/mol. The number of rotatable bonds is 4. The topological polar surface area (TPSA) is 61.1 Å². The molecule has 0 saturated carbocycles. The minimum Gasteiger partial charge on any atom is -0.481 e. The summed E-state index contributed by atoms with van der Waals surface area (Å²) in [5.41, 5.74) is -0.826. The Balaban J connectivity index is 3.12. The first-order chi connectivity index (χ1) is 7.50. The van der Waals surface area contributed by atoms with Gasteiger partial charge in [-0.15, -0.1) is 0 Å². The molecule has 0 aliphatic rings. The summed E-state index contributed by atoms with van der Waals surface area (Å²) < 4.78 is 13.0. The van der Waals surface area contributed by atoms with Crippen LogP contribution in [0.1, 0.15) is 25.3 Å². The number of aliphatic carboxylic acids is 1. The van der Waals surface area contributed by atoms with Gasteiger partial charge in [-0.3, -0.25) is 4.79 Å². The van der Waals surface area contributed by atoms with E-state index < -0.39 is 17.2 Å². The molecule has 0 spiro atoms. The predicted molar refractivity (Wildman–Crippen MR) is 56.2 cm³/mol. The summed E-state index contributed by atoms with van der Waals surface area (Å²) >= 11 is 0. The number of hydrogen-bond donors (Lipinski definition) is 1. The first-order valence-electron chi connectivity index (χ1n) is 4.87. The minimum absolute atomic E-state index is 0.124. The minimum atomic E-state index is -1.21. The van der Waals surface area contributed by atoms with Crippen molar-refractivity contribution in [1.82, 2.24) is 0 Å². The third-order valence-electron chi connectivity index (χ3n) is 2.67. The first kappa shape index (κ1) is 12.2. The molecule has 1 atom stereocenters. The zero-order valence-corrected chi connectivity index (χ0v) is 8.90. The van der Waals surface area contributed by atoms with E-state index in [0.29, 0.717) is 5.56 Å². The van der Waals surface area contributed by atoms with E-state index in [1.165, 1.54) is 25.1 Å². The lowest BCUT2D eigenvalue weighted by Crippen LogP contribution is -2.32. The summed E-state index contributed by atoms with van der Waals surface area (Å²) in [6.07, 6.45) is 0.293. The lowest BCUT2D eigenvalue weighted by Gasteiger charge is -2.24. The van der Waals surface area contributed by atoms with Crippen LogP contribution in [0.25, 0.3) is 0 Å². The molecular weight excluding hydrogens is 209 g/mol. The van der Waals surface area contributed by atoms with Crippen molar-refractivity contribution in [3.63, 3.8) is 0 Å². The van der Waals surface area contributed by atoms with E-state index in [2.05, 4.69) is 0 Å². The van der Waals surface area contributed by atoms with Crippen LogP contribution in [0.5, 0.6) is 0 Å². The van der Waals surface area contributed by atoms with Crippen LogP contribution in [0, 0.1) is 17.1 Å². The van der Waals surface area contributed by atoms with Crippen molar-refractivity contribution in [3.05, 3.63) is 35.6 Å². The van der Waals surface area contributed by atoms with Crippen LogP contribution in [-0.4, -0.2) is 11.1 Å². The number of nitriles is 1. The molecule has 1 N–H and O–H groups in total. The van der Waals surface area contributed by atoms with Crippen LogP contribution in [0.2, 0.25) is 0 Å².